The van der Waals surface area contributed by atoms with E-state index in [4.69, 9.17) is 4.74 Å². The summed E-state index contributed by atoms with van der Waals surface area (Å²) in [5.74, 6) is -0.392. The van der Waals surface area contributed by atoms with Gasteiger partial charge in [0.25, 0.3) is 0 Å². The van der Waals surface area contributed by atoms with Gasteiger partial charge in [0.2, 0.25) is 5.91 Å². The van der Waals surface area contributed by atoms with Gasteiger partial charge in [0.15, 0.2) is 5.13 Å². The number of anilines is 1. The lowest BCUT2D eigenvalue weighted by Gasteiger charge is -2.22. The number of hydrogen-bond donors (Lipinski definition) is 2. The van der Waals surface area contributed by atoms with Crippen molar-refractivity contribution in [3.8, 4) is 11.3 Å². The van der Waals surface area contributed by atoms with Gasteiger partial charge in [-0.3, -0.25) is 9.69 Å². The molecule has 0 unspecified atom stereocenters. The Morgan fingerprint density at radius 1 is 1.13 bits per heavy atom. The van der Waals surface area contributed by atoms with Gasteiger partial charge < -0.3 is 15.2 Å². The van der Waals surface area contributed by atoms with E-state index in [0.717, 1.165) is 16.8 Å². The molecule has 154 valence electrons. The average molecular weight is 423 g/mol. The fourth-order valence-electron chi connectivity index (χ4n) is 3.33. The number of ether oxygens (including phenoxy) is 1. The van der Waals surface area contributed by atoms with Crippen LogP contribution >= 0.6 is 11.3 Å². The molecule has 2 atom stereocenters. The van der Waals surface area contributed by atoms with Crippen LogP contribution in [0.3, 0.4) is 0 Å². The Morgan fingerprint density at radius 2 is 1.83 bits per heavy atom. The van der Waals surface area contributed by atoms with Crippen molar-refractivity contribution in [3.05, 3.63) is 71.6 Å². The van der Waals surface area contributed by atoms with Crippen LogP contribution < -0.4 is 5.32 Å². The predicted octanol–water partition coefficient (Wildman–Crippen LogP) is 3.52. The average Bonchev–Trinajstić information content (AvgIpc) is 3.40. The molecule has 2 aromatic carbocycles. The van der Waals surface area contributed by atoms with E-state index in [1.165, 1.54) is 16.2 Å². The van der Waals surface area contributed by atoms with Gasteiger partial charge in [-0.25, -0.2) is 9.78 Å². The molecule has 1 aliphatic rings. The van der Waals surface area contributed by atoms with E-state index in [9.17, 15) is 14.7 Å². The highest BCUT2D eigenvalue weighted by atomic mass is 32.1. The maximum atomic E-state index is 12.8. The minimum absolute atomic E-state index is 0.0544. The van der Waals surface area contributed by atoms with Crippen molar-refractivity contribution in [2.75, 3.05) is 11.9 Å². The van der Waals surface area contributed by atoms with E-state index in [2.05, 4.69) is 10.3 Å². The number of thiazole rings is 1. The highest BCUT2D eigenvalue weighted by Gasteiger charge is 2.40. The Labute approximate surface area is 177 Å². The lowest BCUT2D eigenvalue weighted by molar-refractivity contribution is -0.120. The van der Waals surface area contributed by atoms with Crippen LogP contribution in [0.2, 0.25) is 0 Å². The van der Waals surface area contributed by atoms with E-state index in [1.54, 1.807) is 0 Å². The number of likely N-dealkylation sites (tertiary alicyclic amines) is 1. The van der Waals surface area contributed by atoms with Gasteiger partial charge in [-0.1, -0.05) is 60.7 Å². The van der Waals surface area contributed by atoms with Crippen LogP contribution in [-0.4, -0.2) is 45.7 Å². The molecular formula is C22H21N3O4S. The standard InChI is InChI=1S/C22H21N3O4S/c26-17-11-19(25(12-17)22(28)29-13-15-7-3-1-4-8-15)20(27)24-21-23-18(14-30-21)16-9-5-2-6-10-16/h1-10,14,17,19,26H,11-13H2,(H,23,24,27)/t17-,19+/m0/s1. The van der Waals surface area contributed by atoms with Crippen molar-refractivity contribution in [3.63, 3.8) is 0 Å². The molecule has 3 aromatic rings. The number of aromatic nitrogens is 1. The Balaban J connectivity index is 1.39. The molecule has 0 aliphatic carbocycles. The van der Waals surface area contributed by atoms with Gasteiger partial charge in [-0.05, 0) is 5.56 Å². The summed E-state index contributed by atoms with van der Waals surface area (Å²) in [5, 5.41) is 15.1. The van der Waals surface area contributed by atoms with Crippen molar-refractivity contribution in [1.82, 2.24) is 9.88 Å². The smallest absolute Gasteiger partial charge is 0.410 e. The first-order valence-corrected chi connectivity index (χ1v) is 10.5. The lowest BCUT2D eigenvalue weighted by Crippen LogP contribution is -2.43. The molecule has 7 nitrogen and oxygen atoms in total. The molecule has 0 saturated carbocycles. The van der Waals surface area contributed by atoms with Crippen LogP contribution in [0.5, 0.6) is 0 Å². The second-order valence-corrected chi connectivity index (χ2v) is 7.85. The zero-order valence-corrected chi connectivity index (χ0v) is 16.9. The molecule has 2 amide bonds. The number of benzene rings is 2. The SMILES string of the molecule is O=C(Nc1nc(-c2ccccc2)cs1)[C@H]1C[C@H](O)CN1C(=O)OCc1ccccc1. The number of rotatable bonds is 5. The first-order chi connectivity index (χ1) is 14.6. The molecule has 1 saturated heterocycles. The molecule has 2 N–H and O–H groups in total. The Morgan fingerprint density at radius 3 is 2.57 bits per heavy atom. The summed E-state index contributed by atoms with van der Waals surface area (Å²) < 4.78 is 5.34. The molecule has 4 rings (SSSR count). The van der Waals surface area contributed by atoms with Crippen molar-refractivity contribution in [2.24, 2.45) is 0 Å². The van der Waals surface area contributed by atoms with Crippen LogP contribution in [-0.2, 0) is 16.1 Å². The van der Waals surface area contributed by atoms with Crippen LogP contribution in [0.1, 0.15) is 12.0 Å². The van der Waals surface area contributed by atoms with Gasteiger partial charge >= 0.3 is 6.09 Å². The summed E-state index contributed by atoms with van der Waals surface area (Å²) in [5.41, 5.74) is 2.57. The number of nitrogens with zero attached hydrogens (tertiary/aromatic N) is 2. The molecule has 0 bridgehead atoms. The largest absolute Gasteiger partial charge is 0.445 e. The maximum Gasteiger partial charge on any atom is 0.410 e. The summed E-state index contributed by atoms with van der Waals surface area (Å²) >= 11 is 1.31. The summed E-state index contributed by atoms with van der Waals surface area (Å²) in [7, 11) is 0. The molecular weight excluding hydrogens is 402 g/mol. The molecule has 1 aliphatic heterocycles. The van der Waals surface area contributed by atoms with Crippen molar-refractivity contribution in [2.45, 2.75) is 25.2 Å². The van der Waals surface area contributed by atoms with Crippen molar-refractivity contribution < 1.29 is 19.4 Å². The number of hydrogen-bond acceptors (Lipinski definition) is 6. The van der Waals surface area contributed by atoms with Gasteiger partial charge in [-0.15, -0.1) is 11.3 Å². The van der Waals surface area contributed by atoms with E-state index in [1.807, 2.05) is 66.0 Å². The number of aliphatic hydroxyl groups excluding tert-OH is 1. The zero-order chi connectivity index (χ0) is 20.9. The van der Waals surface area contributed by atoms with Gasteiger partial charge in [-0.2, -0.15) is 0 Å². The summed E-state index contributed by atoms with van der Waals surface area (Å²) in [6.07, 6.45) is -1.25. The number of β-amino-alcohol motifs (C(OH)–C–C–N with tert-alkyl or cyclic N) is 1. The second kappa shape index (κ2) is 9.06. The summed E-state index contributed by atoms with van der Waals surface area (Å²) in [4.78, 5) is 31.0. The third-order valence-corrected chi connectivity index (χ3v) is 5.58. The van der Waals surface area contributed by atoms with Crippen molar-refractivity contribution in [1.29, 1.82) is 0 Å². The topological polar surface area (TPSA) is 91.8 Å². The summed E-state index contributed by atoms with van der Waals surface area (Å²) in [6.45, 7) is 0.159. The third kappa shape index (κ3) is 4.67. The molecule has 0 radical (unpaired) electrons. The van der Waals surface area contributed by atoms with Crippen LogP contribution in [0.15, 0.2) is 66.0 Å². The van der Waals surface area contributed by atoms with Gasteiger partial charge in [0.05, 0.1) is 18.3 Å². The molecule has 8 heteroatoms. The minimum atomic E-state index is -0.813. The number of amides is 2. The van der Waals surface area contributed by atoms with Crippen LogP contribution in [0.4, 0.5) is 9.93 Å². The maximum absolute atomic E-state index is 12.8. The fourth-order valence-corrected chi connectivity index (χ4v) is 4.05. The Hall–Kier alpha value is -3.23. The molecule has 0 spiro atoms. The number of nitrogens with one attached hydrogen (secondary N) is 1. The van der Waals surface area contributed by atoms with Crippen LogP contribution in [0.25, 0.3) is 11.3 Å². The number of carbonyl (C=O) groups excluding carboxylic acids is 2. The van der Waals surface area contributed by atoms with E-state index < -0.39 is 24.1 Å². The summed E-state index contributed by atoms with van der Waals surface area (Å²) in [6, 6.07) is 18.1. The fraction of sp³-hybridized carbons (Fsp3) is 0.227. The third-order valence-electron chi connectivity index (χ3n) is 4.83. The molecule has 1 fully saturated rings. The molecule has 2 heterocycles. The normalized spacial score (nSPS) is 18.2. The lowest BCUT2D eigenvalue weighted by atomic mass is 10.2. The highest BCUT2D eigenvalue weighted by molar-refractivity contribution is 7.14. The van der Waals surface area contributed by atoms with E-state index in [-0.39, 0.29) is 19.6 Å². The van der Waals surface area contributed by atoms with E-state index >= 15 is 0 Å². The van der Waals surface area contributed by atoms with Crippen LogP contribution in [0, 0.1) is 0 Å². The minimum Gasteiger partial charge on any atom is -0.445 e. The zero-order valence-electron chi connectivity index (χ0n) is 16.1. The first kappa shape index (κ1) is 20.1. The molecule has 1 aromatic heterocycles. The first-order valence-electron chi connectivity index (χ1n) is 9.57. The Bertz CT molecular complexity index is 1010. The van der Waals surface area contributed by atoms with Gasteiger partial charge in [0.1, 0.15) is 12.6 Å². The highest BCUT2D eigenvalue weighted by Crippen LogP contribution is 2.26. The number of carbonyl (C=O) groups is 2. The number of aliphatic hydroxyl groups is 1. The van der Waals surface area contributed by atoms with Crippen molar-refractivity contribution >= 4 is 28.5 Å². The monoisotopic (exact) mass is 423 g/mol. The predicted molar refractivity (Wildman–Crippen MR) is 114 cm³/mol. The van der Waals surface area contributed by atoms with E-state index in [0.29, 0.717) is 5.13 Å². The quantitative estimate of drug-likeness (QED) is 0.655. The Kier molecular flexibility index (Phi) is 6.06. The second-order valence-electron chi connectivity index (χ2n) is 6.99. The molecule has 30 heavy (non-hydrogen) atoms. The van der Waals surface area contributed by atoms with Gasteiger partial charge in [0, 0.05) is 17.4 Å².